The summed E-state index contributed by atoms with van der Waals surface area (Å²) in [6.07, 6.45) is 3.41. The van der Waals surface area contributed by atoms with Crippen molar-refractivity contribution in [2.45, 2.75) is 0 Å². The predicted octanol–water partition coefficient (Wildman–Crippen LogP) is 7.61. The lowest BCUT2D eigenvalue weighted by Crippen LogP contribution is -2.18. The van der Waals surface area contributed by atoms with E-state index in [0.717, 1.165) is 39.8 Å². The number of nitrogens with zero attached hydrogens (tertiary/aromatic N) is 3. The van der Waals surface area contributed by atoms with Crippen molar-refractivity contribution in [1.29, 1.82) is 10.7 Å². The minimum atomic E-state index is -0.797. The van der Waals surface area contributed by atoms with Gasteiger partial charge < -0.3 is 5.21 Å². The molecule has 0 bridgehead atoms. The van der Waals surface area contributed by atoms with Crippen molar-refractivity contribution in [3.8, 4) is 39.6 Å². The van der Waals surface area contributed by atoms with Crippen molar-refractivity contribution in [2.75, 3.05) is 0 Å². The van der Waals surface area contributed by atoms with E-state index >= 15 is 0 Å². The van der Waals surface area contributed by atoms with Crippen LogP contribution in [0.1, 0.15) is 16.7 Å². The van der Waals surface area contributed by atoms with Gasteiger partial charge in [-0.25, -0.2) is 13.8 Å². The first-order valence-corrected chi connectivity index (χ1v) is 12.0. The van der Waals surface area contributed by atoms with Gasteiger partial charge in [0.05, 0.1) is 34.1 Å². The summed E-state index contributed by atoms with van der Waals surface area (Å²) >= 11 is 0. The van der Waals surface area contributed by atoms with Gasteiger partial charge in [-0.05, 0) is 47.0 Å². The maximum absolute atomic E-state index is 14.5. The van der Waals surface area contributed by atoms with E-state index in [1.54, 1.807) is 36.4 Å². The lowest BCUT2D eigenvalue weighted by molar-refractivity contribution is 0.320. The number of benzene rings is 4. The first kappa shape index (κ1) is 23.9. The molecule has 0 spiro atoms. The number of halogens is 2. The summed E-state index contributed by atoms with van der Waals surface area (Å²) in [6.45, 7) is 0. The molecule has 0 aliphatic heterocycles. The molecule has 4 aromatic carbocycles. The van der Waals surface area contributed by atoms with Gasteiger partial charge in [-0.1, -0.05) is 71.9 Å². The van der Waals surface area contributed by atoms with Crippen LogP contribution in [-0.2, 0) is 0 Å². The summed E-state index contributed by atoms with van der Waals surface area (Å²) in [5, 5.41) is 31.1. The number of rotatable bonds is 3. The van der Waals surface area contributed by atoms with Crippen LogP contribution in [0.4, 0.5) is 8.78 Å². The van der Waals surface area contributed by atoms with Crippen LogP contribution in [0.15, 0.2) is 96.2 Å². The van der Waals surface area contributed by atoms with Crippen molar-refractivity contribution in [2.24, 2.45) is 5.16 Å². The van der Waals surface area contributed by atoms with Crippen LogP contribution in [0.25, 0.3) is 50.5 Å². The van der Waals surface area contributed by atoms with Crippen molar-refractivity contribution in [1.82, 2.24) is 4.98 Å². The zero-order valence-corrected chi connectivity index (χ0v) is 20.3. The van der Waals surface area contributed by atoms with Crippen LogP contribution in [0.5, 0.6) is 0 Å². The molecule has 0 unspecified atom stereocenters. The highest BCUT2D eigenvalue weighted by Gasteiger charge is 2.24. The van der Waals surface area contributed by atoms with Gasteiger partial charge in [0.2, 0.25) is 0 Å². The maximum Gasteiger partial charge on any atom is 0.135 e. The Morgan fingerprint density at radius 1 is 0.769 bits per heavy atom. The second-order valence-corrected chi connectivity index (χ2v) is 9.04. The van der Waals surface area contributed by atoms with Gasteiger partial charge in [0.15, 0.2) is 0 Å². The second-order valence-electron chi connectivity index (χ2n) is 9.04. The van der Waals surface area contributed by atoms with Crippen LogP contribution >= 0.6 is 0 Å². The Balaban J connectivity index is 1.48. The van der Waals surface area contributed by atoms with Gasteiger partial charge in [-0.3, -0.25) is 5.41 Å². The third-order valence-corrected chi connectivity index (χ3v) is 6.77. The highest BCUT2D eigenvalue weighted by atomic mass is 19.1. The van der Waals surface area contributed by atoms with Crippen molar-refractivity contribution in [3.63, 3.8) is 0 Å². The van der Waals surface area contributed by atoms with Crippen LogP contribution in [0.3, 0.4) is 0 Å². The summed E-state index contributed by atoms with van der Waals surface area (Å²) in [5.74, 6) is -1.59. The number of aromatic nitrogens is 1. The quantitative estimate of drug-likeness (QED) is 0.192. The smallest absolute Gasteiger partial charge is 0.135 e. The van der Waals surface area contributed by atoms with E-state index in [4.69, 9.17) is 15.7 Å². The number of pyridine rings is 1. The standard InChI is InChI=1S/C32H18F2N4O/c33-25-14-18(17-35)15-26(34)29(25)20-8-6-19(7-9-20)22-10-11-23-28(16-22)37-32(21-4-2-1-3-5-21)24-12-13-27(38-39)31(36)30(23)24/h1-16,36,39H/b36-31?,38-27-. The van der Waals surface area contributed by atoms with E-state index in [1.807, 2.05) is 54.6 Å². The summed E-state index contributed by atoms with van der Waals surface area (Å²) < 4.78 is 29.1. The van der Waals surface area contributed by atoms with Gasteiger partial charge >= 0.3 is 0 Å². The molecule has 186 valence electrons. The molecule has 1 aliphatic carbocycles. The number of nitrogens with one attached hydrogen (secondary N) is 1. The number of oxime groups is 1. The van der Waals surface area contributed by atoms with Crippen LogP contribution in [0.2, 0.25) is 0 Å². The number of hydrogen-bond donors (Lipinski definition) is 2. The first-order valence-electron chi connectivity index (χ1n) is 12.0. The highest BCUT2D eigenvalue weighted by Crippen LogP contribution is 2.36. The topological polar surface area (TPSA) is 93.1 Å². The van der Waals surface area contributed by atoms with Gasteiger partial charge in [0.1, 0.15) is 17.3 Å². The second kappa shape index (κ2) is 9.43. The fraction of sp³-hybridized carbons (Fsp3) is 0. The SMILES string of the molecule is N#Cc1cc(F)c(-c2ccc(-c3ccc4c5c(c(-c6ccccc6)nc4c3)C=C/C(=N/O)C5=N)cc2)c(F)c1. The van der Waals surface area contributed by atoms with Gasteiger partial charge in [0, 0.05) is 22.1 Å². The molecule has 0 amide bonds. The zero-order chi connectivity index (χ0) is 27.1. The molecule has 6 rings (SSSR count). The molecule has 1 aliphatic rings. The Morgan fingerprint density at radius 2 is 1.44 bits per heavy atom. The number of hydrogen-bond acceptors (Lipinski definition) is 5. The molecule has 0 fully saturated rings. The average molecular weight is 513 g/mol. The van der Waals surface area contributed by atoms with Crippen molar-refractivity contribution >= 4 is 28.4 Å². The van der Waals surface area contributed by atoms with Crippen LogP contribution in [0, 0.1) is 28.4 Å². The number of fused-ring (bicyclic) bond motifs is 3. The maximum atomic E-state index is 14.5. The molecule has 5 aromatic rings. The predicted molar refractivity (Wildman–Crippen MR) is 148 cm³/mol. The Morgan fingerprint density at radius 3 is 2.10 bits per heavy atom. The van der Waals surface area contributed by atoms with E-state index in [9.17, 15) is 14.0 Å². The molecule has 39 heavy (non-hydrogen) atoms. The molecule has 0 atom stereocenters. The normalized spacial score (nSPS) is 13.5. The monoisotopic (exact) mass is 512 g/mol. The summed E-state index contributed by atoms with van der Waals surface area (Å²) in [6, 6.07) is 25.9. The Kier molecular flexibility index (Phi) is 5.78. The van der Waals surface area contributed by atoms with Gasteiger partial charge in [-0.2, -0.15) is 5.26 Å². The average Bonchev–Trinajstić information content (AvgIpc) is 2.97. The Bertz CT molecular complexity index is 1880. The summed E-state index contributed by atoms with van der Waals surface area (Å²) in [4.78, 5) is 4.96. The molecule has 2 N–H and O–H groups in total. The van der Waals surface area contributed by atoms with Crippen molar-refractivity contribution < 1.29 is 14.0 Å². The number of nitriles is 1. The lowest BCUT2D eigenvalue weighted by Gasteiger charge is -2.19. The largest absolute Gasteiger partial charge is 0.410 e. The molecule has 0 saturated heterocycles. The Hall–Kier alpha value is -5.48. The molecule has 1 heterocycles. The molecule has 7 heteroatoms. The van der Waals surface area contributed by atoms with Crippen molar-refractivity contribution in [3.05, 3.63) is 119 Å². The molecule has 1 aromatic heterocycles. The third-order valence-electron chi connectivity index (χ3n) is 6.77. The molecular formula is C32H18F2N4O. The molecule has 0 radical (unpaired) electrons. The number of allylic oxidation sites excluding steroid dienone is 1. The lowest BCUT2D eigenvalue weighted by atomic mass is 9.87. The fourth-order valence-corrected chi connectivity index (χ4v) is 4.91. The molecular weight excluding hydrogens is 494 g/mol. The van der Waals surface area contributed by atoms with Crippen LogP contribution in [-0.4, -0.2) is 21.6 Å². The van der Waals surface area contributed by atoms with E-state index in [0.29, 0.717) is 22.3 Å². The first-order chi connectivity index (χ1) is 19.0. The van der Waals surface area contributed by atoms with E-state index < -0.39 is 11.6 Å². The fourth-order valence-electron chi connectivity index (χ4n) is 4.91. The summed E-state index contributed by atoms with van der Waals surface area (Å²) in [7, 11) is 0. The third kappa shape index (κ3) is 4.05. The minimum absolute atomic E-state index is 0.0768. The zero-order valence-electron chi connectivity index (χ0n) is 20.3. The van der Waals surface area contributed by atoms with Gasteiger partial charge in [0.25, 0.3) is 0 Å². The minimum Gasteiger partial charge on any atom is -0.410 e. The van der Waals surface area contributed by atoms with E-state index in [-0.39, 0.29) is 22.6 Å². The van der Waals surface area contributed by atoms with E-state index in [1.165, 1.54) is 0 Å². The van der Waals surface area contributed by atoms with Crippen LogP contribution < -0.4 is 0 Å². The summed E-state index contributed by atoms with van der Waals surface area (Å²) in [5.41, 5.74) is 5.63. The van der Waals surface area contributed by atoms with Gasteiger partial charge in [-0.15, -0.1) is 0 Å². The molecule has 5 nitrogen and oxygen atoms in total. The highest BCUT2D eigenvalue weighted by molar-refractivity contribution is 6.54. The molecule has 0 saturated carbocycles. The Labute approximate surface area is 222 Å². The van der Waals surface area contributed by atoms with E-state index in [2.05, 4.69) is 5.16 Å².